The first-order valence-corrected chi connectivity index (χ1v) is 6.85. The number of ether oxygens (including phenoxy) is 2. The number of carbonyl (C=O) groups is 1. The monoisotopic (exact) mass is 278 g/mol. The summed E-state index contributed by atoms with van der Waals surface area (Å²) in [4.78, 5) is 12.6. The van der Waals surface area contributed by atoms with Crippen LogP contribution >= 0.6 is 0 Å². The number of hydrogen-bond donors (Lipinski definition) is 2. The molecule has 1 aliphatic rings. The van der Waals surface area contributed by atoms with Gasteiger partial charge in [-0.1, -0.05) is 6.07 Å². The number of anilines is 1. The van der Waals surface area contributed by atoms with Crippen LogP contribution in [0.5, 0.6) is 5.75 Å². The number of methoxy groups -OCH3 is 1. The van der Waals surface area contributed by atoms with Gasteiger partial charge in [-0.05, 0) is 37.5 Å². The first kappa shape index (κ1) is 14.8. The number of amides is 1. The van der Waals surface area contributed by atoms with Crippen molar-refractivity contribution in [2.45, 2.75) is 19.8 Å². The zero-order valence-corrected chi connectivity index (χ0v) is 12.1. The van der Waals surface area contributed by atoms with Crippen LogP contribution in [0.15, 0.2) is 18.2 Å². The van der Waals surface area contributed by atoms with E-state index < -0.39 is 5.41 Å². The van der Waals surface area contributed by atoms with Gasteiger partial charge in [0.15, 0.2) is 0 Å². The normalized spacial score (nSPS) is 17.6. The SMILES string of the molecule is COc1ccc(C)cc1NC(=O)C1(CN)CCOCC1. The Balaban J connectivity index is 2.20. The molecule has 1 heterocycles. The number of carbonyl (C=O) groups excluding carboxylic acids is 1. The highest BCUT2D eigenvalue weighted by Gasteiger charge is 2.39. The summed E-state index contributed by atoms with van der Waals surface area (Å²) in [6.07, 6.45) is 1.31. The van der Waals surface area contributed by atoms with Gasteiger partial charge >= 0.3 is 0 Å². The van der Waals surface area contributed by atoms with Gasteiger partial charge in [-0.25, -0.2) is 0 Å². The summed E-state index contributed by atoms with van der Waals surface area (Å²) >= 11 is 0. The Bertz CT molecular complexity index is 482. The van der Waals surface area contributed by atoms with E-state index in [9.17, 15) is 4.79 Å². The van der Waals surface area contributed by atoms with E-state index >= 15 is 0 Å². The summed E-state index contributed by atoms with van der Waals surface area (Å²) in [7, 11) is 1.59. The van der Waals surface area contributed by atoms with Crippen molar-refractivity contribution in [1.82, 2.24) is 0 Å². The summed E-state index contributed by atoms with van der Waals surface area (Å²) in [5.41, 5.74) is 7.07. The van der Waals surface area contributed by atoms with E-state index in [1.54, 1.807) is 7.11 Å². The van der Waals surface area contributed by atoms with E-state index in [1.807, 2.05) is 25.1 Å². The van der Waals surface area contributed by atoms with Crippen molar-refractivity contribution >= 4 is 11.6 Å². The summed E-state index contributed by atoms with van der Waals surface area (Å²) in [6, 6.07) is 5.70. The first-order valence-electron chi connectivity index (χ1n) is 6.85. The van der Waals surface area contributed by atoms with Crippen LogP contribution in [0.3, 0.4) is 0 Å². The predicted octanol–water partition coefficient (Wildman–Crippen LogP) is 1.70. The summed E-state index contributed by atoms with van der Waals surface area (Å²) < 4.78 is 10.6. The van der Waals surface area contributed by atoms with Crippen LogP contribution in [0, 0.1) is 12.3 Å². The van der Waals surface area contributed by atoms with Crippen molar-refractivity contribution in [2.24, 2.45) is 11.1 Å². The number of aryl methyl sites for hydroxylation is 1. The van der Waals surface area contributed by atoms with Crippen LogP contribution in [0.1, 0.15) is 18.4 Å². The zero-order chi connectivity index (χ0) is 14.6. The first-order chi connectivity index (χ1) is 9.61. The molecule has 0 aliphatic carbocycles. The van der Waals surface area contributed by atoms with Crippen LogP contribution in [0.2, 0.25) is 0 Å². The fraction of sp³-hybridized carbons (Fsp3) is 0.533. The predicted molar refractivity (Wildman–Crippen MR) is 77.9 cm³/mol. The largest absolute Gasteiger partial charge is 0.495 e. The Kier molecular flexibility index (Phi) is 4.62. The molecule has 1 aliphatic heterocycles. The minimum absolute atomic E-state index is 0.0489. The molecule has 110 valence electrons. The zero-order valence-electron chi connectivity index (χ0n) is 12.1. The maximum atomic E-state index is 12.6. The smallest absolute Gasteiger partial charge is 0.232 e. The molecule has 1 fully saturated rings. The van der Waals surface area contributed by atoms with Crippen LogP contribution < -0.4 is 15.8 Å². The minimum atomic E-state index is -0.535. The molecule has 5 nitrogen and oxygen atoms in total. The lowest BCUT2D eigenvalue weighted by Crippen LogP contribution is -2.46. The van der Waals surface area contributed by atoms with Crippen molar-refractivity contribution in [2.75, 3.05) is 32.2 Å². The van der Waals surface area contributed by atoms with Gasteiger partial charge in [0.05, 0.1) is 18.2 Å². The molecule has 5 heteroatoms. The van der Waals surface area contributed by atoms with E-state index in [2.05, 4.69) is 5.32 Å². The van der Waals surface area contributed by atoms with Crippen LogP contribution in [-0.4, -0.2) is 32.8 Å². The second-order valence-corrected chi connectivity index (χ2v) is 5.25. The summed E-state index contributed by atoms with van der Waals surface area (Å²) in [5, 5.41) is 2.96. The number of rotatable bonds is 4. The maximum absolute atomic E-state index is 12.6. The van der Waals surface area contributed by atoms with E-state index in [-0.39, 0.29) is 5.91 Å². The Morgan fingerprint density at radius 1 is 1.45 bits per heavy atom. The third-order valence-corrected chi connectivity index (χ3v) is 3.93. The standard InChI is InChI=1S/C15H22N2O3/c1-11-3-4-13(19-2)12(9-11)17-14(18)15(10-16)5-7-20-8-6-15/h3-4,9H,5-8,10,16H2,1-2H3,(H,17,18). The molecule has 20 heavy (non-hydrogen) atoms. The molecular formula is C15H22N2O3. The quantitative estimate of drug-likeness (QED) is 0.879. The lowest BCUT2D eigenvalue weighted by molar-refractivity contribution is -0.130. The summed E-state index contributed by atoms with van der Waals surface area (Å²) in [5.74, 6) is 0.607. The van der Waals surface area contributed by atoms with E-state index in [1.165, 1.54) is 0 Å². The Morgan fingerprint density at radius 3 is 2.75 bits per heavy atom. The number of nitrogens with two attached hydrogens (primary N) is 1. The van der Waals surface area contributed by atoms with Crippen molar-refractivity contribution < 1.29 is 14.3 Å². The second kappa shape index (κ2) is 6.24. The van der Waals surface area contributed by atoms with Crippen molar-refractivity contribution in [1.29, 1.82) is 0 Å². The van der Waals surface area contributed by atoms with Gasteiger partial charge in [0.25, 0.3) is 0 Å². The molecule has 1 aromatic carbocycles. The Hall–Kier alpha value is -1.59. The topological polar surface area (TPSA) is 73.6 Å². The molecule has 2 rings (SSSR count). The van der Waals surface area contributed by atoms with Crippen molar-refractivity contribution in [3.05, 3.63) is 23.8 Å². The molecule has 0 radical (unpaired) electrons. The fourth-order valence-corrected chi connectivity index (χ4v) is 2.46. The van der Waals surface area contributed by atoms with Gasteiger partial charge in [-0.15, -0.1) is 0 Å². The molecule has 0 bridgehead atoms. The number of benzene rings is 1. The van der Waals surface area contributed by atoms with Crippen molar-refractivity contribution in [3.63, 3.8) is 0 Å². The average Bonchev–Trinajstić information content (AvgIpc) is 2.48. The van der Waals surface area contributed by atoms with Crippen LogP contribution in [-0.2, 0) is 9.53 Å². The molecule has 3 N–H and O–H groups in total. The molecule has 0 unspecified atom stereocenters. The van der Waals surface area contributed by atoms with E-state index in [0.717, 1.165) is 5.56 Å². The van der Waals surface area contributed by atoms with Crippen LogP contribution in [0.4, 0.5) is 5.69 Å². The van der Waals surface area contributed by atoms with Gasteiger partial charge in [0.2, 0.25) is 5.91 Å². The molecule has 0 saturated carbocycles. The second-order valence-electron chi connectivity index (χ2n) is 5.25. The van der Waals surface area contributed by atoms with Gasteiger partial charge in [0.1, 0.15) is 5.75 Å². The molecule has 0 spiro atoms. The summed E-state index contributed by atoms with van der Waals surface area (Å²) in [6.45, 7) is 3.46. The molecule has 0 atom stereocenters. The highest BCUT2D eigenvalue weighted by atomic mass is 16.5. The lowest BCUT2D eigenvalue weighted by Gasteiger charge is -2.34. The fourth-order valence-electron chi connectivity index (χ4n) is 2.46. The van der Waals surface area contributed by atoms with E-state index in [0.29, 0.717) is 44.0 Å². The third kappa shape index (κ3) is 2.94. The highest BCUT2D eigenvalue weighted by molar-refractivity contribution is 5.96. The Labute approximate surface area is 119 Å². The highest BCUT2D eigenvalue weighted by Crippen LogP contribution is 2.33. The molecule has 0 aromatic heterocycles. The molecule has 1 amide bonds. The third-order valence-electron chi connectivity index (χ3n) is 3.93. The lowest BCUT2D eigenvalue weighted by atomic mass is 9.79. The van der Waals surface area contributed by atoms with Gasteiger partial charge in [-0.2, -0.15) is 0 Å². The van der Waals surface area contributed by atoms with Gasteiger partial charge in [0, 0.05) is 19.8 Å². The van der Waals surface area contributed by atoms with Gasteiger partial charge < -0.3 is 20.5 Å². The molecule has 1 saturated heterocycles. The molecular weight excluding hydrogens is 256 g/mol. The number of nitrogens with one attached hydrogen (secondary N) is 1. The van der Waals surface area contributed by atoms with E-state index in [4.69, 9.17) is 15.2 Å². The van der Waals surface area contributed by atoms with Crippen LogP contribution in [0.25, 0.3) is 0 Å². The minimum Gasteiger partial charge on any atom is -0.495 e. The van der Waals surface area contributed by atoms with Crippen molar-refractivity contribution in [3.8, 4) is 5.75 Å². The Morgan fingerprint density at radius 2 is 2.15 bits per heavy atom. The maximum Gasteiger partial charge on any atom is 0.232 e. The average molecular weight is 278 g/mol. The molecule has 1 aromatic rings. The van der Waals surface area contributed by atoms with Gasteiger partial charge in [-0.3, -0.25) is 4.79 Å². The number of hydrogen-bond acceptors (Lipinski definition) is 4.